The van der Waals surface area contributed by atoms with Crippen molar-refractivity contribution in [2.75, 3.05) is 32.7 Å². The zero-order valence-corrected chi connectivity index (χ0v) is 32.4. The molecule has 11 N–H and O–H groups in total. The number of amides is 5. The second kappa shape index (κ2) is 23.5. The van der Waals surface area contributed by atoms with Gasteiger partial charge >= 0.3 is 5.97 Å². The van der Waals surface area contributed by atoms with Crippen molar-refractivity contribution in [2.24, 2.45) is 29.0 Å². The van der Waals surface area contributed by atoms with E-state index in [0.29, 0.717) is 63.6 Å². The molecule has 5 amide bonds. The number of likely N-dealkylation sites (tertiary alicyclic amines) is 1. The summed E-state index contributed by atoms with van der Waals surface area (Å²) in [7, 11) is 0. The Hall–Kier alpha value is -4.28. The summed E-state index contributed by atoms with van der Waals surface area (Å²) in [6.45, 7) is 8.47. The third-order valence-electron chi connectivity index (χ3n) is 9.81. The number of hydrogen-bond acceptors (Lipinski definition) is 10. The number of aliphatic carboxylic acids is 1. The summed E-state index contributed by atoms with van der Waals surface area (Å²) in [6.07, 6.45) is 4.57. The molecule has 0 saturated carbocycles. The van der Waals surface area contributed by atoms with E-state index in [1.807, 2.05) is 20.8 Å². The molecule has 1 aliphatic heterocycles. The standard InChI is InChI=1S/C38H64N8O8/c1-5-25(4)33(36(51)43-30(38(53)54)21-24(2)3)44-34(49)29(22-26-13-15-27(47)16-14-26)42-35(50)31-12-10-20-46(31)32(48)23-45(19-9-8-18-40)37(52)28(41)11-6-7-17-39/h13-16,24-25,28-31,33,47H,5-12,17-23,39-41H2,1-4H3,(H,42,50)(H,43,51)(H,44,49)(H,53,54)/t25-,28-,29-,30-,31-,33-/m0/s1. The average Bonchev–Trinajstić information content (AvgIpc) is 3.63. The van der Waals surface area contributed by atoms with Crippen LogP contribution in [0.3, 0.4) is 0 Å². The van der Waals surface area contributed by atoms with Crippen LogP contribution in [0.5, 0.6) is 5.75 Å². The number of phenolic OH excluding ortho intramolecular Hbond substituents is 1. The molecule has 0 unspecified atom stereocenters. The van der Waals surface area contributed by atoms with Gasteiger partial charge in [0.25, 0.3) is 0 Å². The van der Waals surface area contributed by atoms with Crippen molar-refractivity contribution in [1.29, 1.82) is 0 Å². The van der Waals surface area contributed by atoms with E-state index in [4.69, 9.17) is 17.2 Å². The van der Waals surface area contributed by atoms with Gasteiger partial charge in [-0.1, -0.05) is 52.7 Å². The van der Waals surface area contributed by atoms with Crippen LogP contribution in [0.15, 0.2) is 24.3 Å². The Morgan fingerprint density at radius 1 is 0.907 bits per heavy atom. The summed E-state index contributed by atoms with van der Waals surface area (Å²) in [4.78, 5) is 83.2. The van der Waals surface area contributed by atoms with Gasteiger partial charge in [-0.2, -0.15) is 0 Å². The van der Waals surface area contributed by atoms with E-state index in [1.165, 1.54) is 21.9 Å². The highest BCUT2D eigenvalue weighted by molar-refractivity contribution is 5.96. The lowest BCUT2D eigenvalue weighted by Gasteiger charge is -2.31. The smallest absolute Gasteiger partial charge is 0.326 e. The summed E-state index contributed by atoms with van der Waals surface area (Å²) in [5.41, 5.74) is 18.1. The Kier molecular flexibility index (Phi) is 20.0. The minimum absolute atomic E-state index is 0.00999. The van der Waals surface area contributed by atoms with Crippen LogP contribution in [0.2, 0.25) is 0 Å². The van der Waals surface area contributed by atoms with E-state index < -0.39 is 59.8 Å². The number of nitrogens with zero attached hydrogens (tertiary/aromatic N) is 2. The lowest BCUT2D eigenvalue weighted by molar-refractivity contribution is -0.144. The summed E-state index contributed by atoms with van der Waals surface area (Å²) in [5.74, 6) is -4.27. The number of hydrogen-bond donors (Lipinski definition) is 8. The Bertz CT molecular complexity index is 1380. The minimum Gasteiger partial charge on any atom is -0.508 e. The molecule has 0 bridgehead atoms. The van der Waals surface area contributed by atoms with Crippen molar-refractivity contribution >= 4 is 35.5 Å². The van der Waals surface area contributed by atoms with Crippen LogP contribution >= 0.6 is 0 Å². The predicted molar refractivity (Wildman–Crippen MR) is 205 cm³/mol. The first-order valence-corrected chi connectivity index (χ1v) is 19.3. The molecule has 1 fully saturated rings. The number of nitrogens with two attached hydrogens (primary N) is 3. The van der Waals surface area contributed by atoms with Gasteiger partial charge in [0.2, 0.25) is 29.5 Å². The number of aromatic hydroxyl groups is 1. The second-order valence-corrected chi connectivity index (χ2v) is 14.7. The molecule has 0 radical (unpaired) electrons. The Labute approximate surface area is 319 Å². The van der Waals surface area contributed by atoms with E-state index in [2.05, 4.69) is 16.0 Å². The molecule has 1 aliphatic rings. The fraction of sp³-hybridized carbons (Fsp3) is 0.684. The van der Waals surface area contributed by atoms with Crippen LogP contribution in [0.4, 0.5) is 0 Å². The van der Waals surface area contributed by atoms with Gasteiger partial charge in [-0.3, -0.25) is 24.0 Å². The zero-order valence-electron chi connectivity index (χ0n) is 32.4. The fourth-order valence-corrected chi connectivity index (χ4v) is 6.43. The van der Waals surface area contributed by atoms with E-state index >= 15 is 0 Å². The van der Waals surface area contributed by atoms with Gasteiger partial charge in [-0.05, 0) is 87.6 Å². The molecule has 1 saturated heterocycles. The molecule has 16 nitrogen and oxygen atoms in total. The molecular weight excluding hydrogens is 696 g/mol. The number of phenols is 1. The first kappa shape index (κ1) is 45.9. The van der Waals surface area contributed by atoms with Crippen LogP contribution in [0.25, 0.3) is 0 Å². The maximum atomic E-state index is 14.0. The maximum absolute atomic E-state index is 14.0. The molecule has 54 heavy (non-hydrogen) atoms. The average molecular weight is 761 g/mol. The Morgan fingerprint density at radius 3 is 2.15 bits per heavy atom. The van der Waals surface area contributed by atoms with Gasteiger partial charge in [-0.25, -0.2) is 4.79 Å². The summed E-state index contributed by atoms with van der Waals surface area (Å²) < 4.78 is 0. The molecule has 1 aromatic rings. The van der Waals surface area contributed by atoms with Crippen molar-refractivity contribution in [1.82, 2.24) is 25.8 Å². The number of benzene rings is 1. The molecule has 1 aromatic carbocycles. The summed E-state index contributed by atoms with van der Waals surface area (Å²) >= 11 is 0. The van der Waals surface area contributed by atoms with Crippen molar-refractivity contribution in [3.8, 4) is 5.75 Å². The van der Waals surface area contributed by atoms with Gasteiger partial charge in [0.15, 0.2) is 0 Å². The van der Waals surface area contributed by atoms with Crippen molar-refractivity contribution in [3.05, 3.63) is 29.8 Å². The monoisotopic (exact) mass is 760 g/mol. The normalized spacial score (nSPS) is 16.9. The van der Waals surface area contributed by atoms with E-state index in [1.54, 1.807) is 19.1 Å². The highest BCUT2D eigenvalue weighted by atomic mass is 16.4. The number of carboxylic acids is 1. The Balaban J connectivity index is 2.31. The molecular formula is C38H64N8O8. The second-order valence-electron chi connectivity index (χ2n) is 14.7. The number of carboxylic acid groups (broad SMARTS) is 1. The van der Waals surface area contributed by atoms with Gasteiger partial charge in [0.05, 0.1) is 12.6 Å². The first-order valence-electron chi connectivity index (χ1n) is 19.3. The van der Waals surface area contributed by atoms with E-state index in [-0.39, 0.29) is 56.0 Å². The van der Waals surface area contributed by atoms with Crippen molar-refractivity contribution in [3.63, 3.8) is 0 Å². The largest absolute Gasteiger partial charge is 0.508 e. The molecule has 1 heterocycles. The molecule has 16 heteroatoms. The lowest BCUT2D eigenvalue weighted by Crippen LogP contribution is -2.59. The van der Waals surface area contributed by atoms with Crippen LogP contribution in [-0.2, 0) is 35.2 Å². The van der Waals surface area contributed by atoms with Gasteiger partial charge in [0.1, 0.15) is 29.9 Å². The van der Waals surface area contributed by atoms with Crippen LogP contribution in [0, 0.1) is 11.8 Å². The van der Waals surface area contributed by atoms with Gasteiger partial charge < -0.3 is 53.2 Å². The number of rotatable bonds is 24. The van der Waals surface area contributed by atoms with E-state index in [9.17, 15) is 39.0 Å². The molecule has 0 aliphatic carbocycles. The number of carbonyl (C=O) groups is 6. The summed E-state index contributed by atoms with van der Waals surface area (Å²) in [6, 6.07) is 0.917. The Morgan fingerprint density at radius 2 is 1.56 bits per heavy atom. The SMILES string of the molecule is CC[C@H](C)[C@H](NC(=O)[C@H](Cc1ccc(O)cc1)NC(=O)[C@@H]1CCCN1C(=O)CN(CCCCN)C(=O)[C@@H](N)CCCCN)C(=O)N[C@@H](CC(C)C)C(=O)O. The topological polar surface area (TPSA) is 264 Å². The van der Waals surface area contributed by atoms with E-state index in [0.717, 1.165) is 6.42 Å². The van der Waals surface area contributed by atoms with Crippen molar-refractivity contribution < 1.29 is 39.0 Å². The zero-order chi connectivity index (χ0) is 40.4. The maximum Gasteiger partial charge on any atom is 0.326 e. The van der Waals surface area contributed by atoms with Crippen molar-refractivity contribution in [2.45, 2.75) is 122 Å². The van der Waals surface area contributed by atoms with Crippen LogP contribution in [0.1, 0.15) is 91.0 Å². The fourth-order valence-electron chi connectivity index (χ4n) is 6.43. The van der Waals surface area contributed by atoms with Gasteiger partial charge in [-0.15, -0.1) is 0 Å². The number of carbonyl (C=O) groups excluding carboxylic acids is 5. The minimum atomic E-state index is -1.20. The molecule has 2 rings (SSSR count). The molecule has 0 spiro atoms. The number of nitrogens with one attached hydrogen (secondary N) is 3. The first-order chi connectivity index (χ1) is 25.6. The molecule has 6 atom stereocenters. The molecule has 304 valence electrons. The van der Waals surface area contributed by atoms with Crippen LogP contribution in [-0.4, -0.2) is 118 Å². The van der Waals surface area contributed by atoms with Gasteiger partial charge in [0, 0.05) is 19.5 Å². The van der Waals surface area contributed by atoms with Crippen LogP contribution < -0.4 is 33.2 Å². The third kappa shape index (κ3) is 14.9. The third-order valence-corrected chi connectivity index (χ3v) is 9.81. The predicted octanol–water partition coefficient (Wildman–Crippen LogP) is 0.581. The highest BCUT2D eigenvalue weighted by Gasteiger charge is 2.38. The lowest BCUT2D eigenvalue weighted by atomic mass is 9.96. The number of unbranched alkanes of at least 4 members (excludes halogenated alkanes) is 2. The quantitative estimate of drug-likeness (QED) is 0.0676. The highest BCUT2D eigenvalue weighted by Crippen LogP contribution is 2.20. The summed E-state index contributed by atoms with van der Waals surface area (Å²) in [5, 5.41) is 27.7. The molecule has 0 aromatic heterocycles.